The second-order valence-electron chi connectivity index (χ2n) is 9.11. The van der Waals surface area contributed by atoms with Crippen LogP contribution in [0.25, 0.3) is 11.1 Å². The zero-order valence-corrected chi connectivity index (χ0v) is 22.3. The molecule has 8 heteroatoms. The van der Waals surface area contributed by atoms with E-state index in [2.05, 4.69) is 5.32 Å². The quantitative estimate of drug-likeness (QED) is 0.231. The van der Waals surface area contributed by atoms with Crippen molar-refractivity contribution >= 4 is 27.4 Å². The molecule has 0 bridgehead atoms. The van der Waals surface area contributed by atoms with Gasteiger partial charge in [-0.25, -0.2) is 13.2 Å². The lowest BCUT2D eigenvalue weighted by atomic mass is 10.0. The molecule has 0 saturated carbocycles. The van der Waals surface area contributed by atoms with Gasteiger partial charge < -0.3 is 15.5 Å². The van der Waals surface area contributed by atoms with Crippen molar-refractivity contribution in [3.05, 3.63) is 119 Å². The molecule has 0 radical (unpaired) electrons. The lowest BCUT2D eigenvalue weighted by Crippen LogP contribution is -2.32. The number of nitrogens with one attached hydrogen (secondary N) is 1. The Labute approximate surface area is 227 Å². The molecule has 0 aromatic heterocycles. The van der Waals surface area contributed by atoms with Crippen LogP contribution < -0.4 is 5.32 Å². The van der Waals surface area contributed by atoms with E-state index < -0.39 is 21.9 Å². The number of halogens is 1. The van der Waals surface area contributed by atoms with Gasteiger partial charge in [-0.1, -0.05) is 72.3 Å². The van der Waals surface area contributed by atoms with E-state index in [-0.39, 0.29) is 21.4 Å². The summed E-state index contributed by atoms with van der Waals surface area (Å²) >= 11 is 6.00. The fourth-order valence-electron chi connectivity index (χ4n) is 4.24. The third-order valence-electron chi connectivity index (χ3n) is 6.28. The molecule has 4 aromatic rings. The van der Waals surface area contributed by atoms with Crippen LogP contribution in [-0.4, -0.2) is 37.2 Å². The number of aromatic carboxylic acids is 1. The third kappa shape index (κ3) is 6.49. The molecule has 2 atom stereocenters. The Kier molecular flexibility index (Phi) is 8.64. The summed E-state index contributed by atoms with van der Waals surface area (Å²) in [5, 5.41) is 24.0. The lowest BCUT2D eigenvalue weighted by molar-refractivity contribution is 0.0692. The molecule has 0 saturated heterocycles. The first-order chi connectivity index (χ1) is 18.1. The van der Waals surface area contributed by atoms with Gasteiger partial charge in [0.25, 0.3) is 0 Å². The summed E-state index contributed by atoms with van der Waals surface area (Å²) in [7, 11) is -4.05. The molecule has 196 valence electrons. The number of rotatable bonds is 10. The van der Waals surface area contributed by atoms with Crippen LogP contribution in [0, 0.1) is 0 Å². The van der Waals surface area contributed by atoms with E-state index in [0.717, 1.165) is 16.7 Å². The van der Waals surface area contributed by atoms with E-state index in [9.17, 15) is 23.4 Å². The second kappa shape index (κ2) is 11.9. The van der Waals surface area contributed by atoms with Crippen LogP contribution in [0.4, 0.5) is 0 Å². The van der Waals surface area contributed by atoms with Crippen LogP contribution in [0.5, 0.6) is 0 Å². The smallest absolute Gasteiger partial charge is 0.337 e. The summed E-state index contributed by atoms with van der Waals surface area (Å²) < 4.78 is 26.7. The zero-order chi connectivity index (χ0) is 27.3. The summed E-state index contributed by atoms with van der Waals surface area (Å²) in [6, 6.07) is 27.1. The van der Waals surface area contributed by atoms with E-state index >= 15 is 0 Å². The minimum atomic E-state index is -4.05. The average molecular weight is 550 g/mol. The first-order valence-corrected chi connectivity index (χ1v) is 13.9. The maximum Gasteiger partial charge on any atom is 0.337 e. The molecular formula is C30H28ClNO5S. The molecule has 4 rings (SSSR count). The van der Waals surface area contributed by atoms with Crippen LogP contribution >= 0.6 is 11.6 Å². The number of aliphatic hydroxyl groups excluding tert-OH is 1. The summed E-state index contributed by atoms with van der Waals surface area (Å²) in [4.78, 5) is 11.8. The standard InChI is InChI=1S/C30H28ClNO5S/c1-20(32-19-28(33)24-8-5-9-25(31)17-24)16-21-10-13-26(14-11-21)38(36,37)29-15-12-23(18-27(29)30(34)35)22-6-3-2-4-7-22/h2-15,17-18,20,28,32-33H,16,19H2,1H3,(H,34,35)/t20?,28-/m0/s1. The Balaban J connectivity index is 1.46. The number of sulfone groups is 1. The van der Waals surface area contributed by atoms with Gasteiger partial charge in [0.15, 0.2) is 0 Å². The van der Waals surface area contributed by atoms with Gasteiger partial charge in [-0.3, -0.25) is 0 Å². The molecular weight excluding hydrogens is 522 g/mol. The first kappa shape index (κ1) is 27.5. The topological polar surface area (TPSA) is 104 Å². The Morgan fingerprint density at radius 2 is 1.61 bits per heavy atom. The molecule has 0 heterocycles. The Morgan fingerprint density at radius 1 is 0.895 bits per heavy atom. The van der Waals surface area contributed by atoms with Crippen LogP contribution in [0.15, 0.2) is 107 Å². The molecule has 1 unspecified atom stereocenters. The van der Waals surface area contributed by atoms with E-state index in [4.69, 9.17) is 11.6 Å². The monoisotopic (exact) mass is 549 g/mol. The highest BCUT2D eigenvalue weighted by Gasteiger charge is 2.25. The minimum Gasteiger partial charge on any atom is -0.478 e. The number of carboxylic acid groups (broad SMARTS) is 1. The number of carboxylic acids is 1. The Hall–Kier alpha value is -3.49. The highest BCUT2D eigenvalue weighted by Crippen LogP contribution is 2.29. The molecule has 0 aliphatic heterocycles. The fraction of sp³-hybridized carbons (Fsp3) is 0.167. The van der Waals surface area contributed by atoms with Gasteiger partial charge in [0.05, 0.1) is 21.5 Å². The average Bonchev–Trinajstić information content (AvgIpc) is 2.92. The van der Waals surface area contributed by atoms with Crippen molar-refractivity contribution in [2.75, 3.05) is 6.54 Å². The number of hydrogen-bond donors (Lipinski definition) is 3. The van der Waals surface area contributed by atoms with Crippen LogP contribution in [-0.2, 0) is 16.3 Å². The summed E-state index contributed by atoms with van der Waals surface area (Å²) in [5.74, 6) is -1.31. The normalized spacial score (nSPS) is 13.1. The Morgan fingerprint density at radius 3 is 2.26 bits per heavy atom. The largest absolute Gasteiger partial charge is 0.478 e. The minimum absolute atomic E-state index is 0.00966. The van der Waals surface area contributed by atoms with Crippen LogP contribution in [0.3, 0.4) is 0 Å². The molecule has 0 spiro atoms. The zero-order valence-electron chi connectivity index (χ0n) is 20.7. The van der Waals surface area contributed by atoms with Crippen molar-refractivity contribution in [3.63, 3.8) is 0 Å². The van der Waals surface area contributed by atoms with Crippen molar-refractivity contribution in [1.82, 2.24) is 5.32 Å². The van der Waals surface area contributed by atoms with Gasteiger partial charge in [0.1, 0.15) is 0 Å². The molecule has 4 aromatic carbocycles. The molecule has 0 fully saturated rings. The molecule has 6 nitrogen and oxygen atoms in total. The lowest BCUT2D eigenvalue weighted by Gasteiger charge is -2.18. The first-order valence-electron chi connectivity index (χ1n) is 12.1. The van der Waals surface area contributed by atoms with Gasteiger partial charge in [0, 0.05) is 17.6 Å². The van der Waals surface area contributed by atoms with Crippen molar-refractivity contribution in [3.8, 4) is 11.1 Å². The van der Waals surface area contributed by atoms with E-state index in [1.807, 2.05) is 43.3 Å². The number of hydrogen-bond acceptors (Lipinski definition) is 5. The van der Waals surface area contributed by atoms with Gasteiger partial charge in [0.2, 0.25) is 9.84 Å². The van der Waals surface area contributed by atoms with Crippen molar-refractivity contribution in [1.29, 1.82) is 0 Å². The fourth-order valence-corrected chi connectivity index (χ4v) is 5.87. The number of aliphatic hydroxyl groups is 1. The highest BCUT2D eigenvalue weighted by molar-refractivity contribution is 7.91. The molecule has 0 amide bonds. The van der Waals surface area contributed by atoms with E-state index in [1.165, 1.54) is 24.3 Å². The maximum atomic E-state index is 13.4. The van der Waals surface area contributed by atoms with Gasteiger partial charge >= 0.3 is 5.97 Å². The molecule has 3 N–H and O–H groups in total. The SMILES string of the molecule is CC(Cc1ccc(S(=O)(=O)c2ccc(-c3ccccc3)cc2C(=O)O)cc1)NC[C@H](O)c1cccc(Cl)c1. The Bertz CT molecular complexity index is 1520. The van der Waals surface area contributed by atoms with Gasteiger partial charge in [-0.2, -0.15) is 0 Å². The predicted molar refractivity (Wildman–Crippen MR) is 148 cm³/mol. The van der Waals surface area contributed by atoms with Crippen molar-refractivity contribution in [2.24, 2.45) is 0 Å². The molecule has 38 heavy (non-hydrogen) atoms. The van der Waals surface area contributed by atoms with Crippen molar-refractivity contribution in [2.45, 2.75) is 35.3 Å². The molecule has 0 aliphatic rings. The van der Waals surface area contributed by atoms with Crippen LogP contribution in [0.1, 0.15) is 34.5 Å². The van der Waals surface area contributed by atoms with E-state index in [1.54, 1.807) is 36.4 Å². The second-order valence-corrected chi connectivity index (χ2v) is 11.5. The maximum absolute atomic E-state index is 13.4. The van der Waals surface area contributed by atoms with Crippen LogP contribution in [0.2, 0.25) is 5.02 Å². The van der Waals surface area contributed by atoms with Gasteiger partial charge in [-0.05, 0) is 72.0 Å². The third-order valence-corrected chi connectivity index (χ3v) is 8.34. The number of carbonyl (C=O) groups is 1. The predicted octanol–water partition coefficient (Wildman–Crippen LogP) is 5.79. The highest BCUT2D eigenvalue weighted by atomic mass is 35.5. The summed E-state index contributed by atoms with van der Waals surface area (Å²) in [6.45, 7) is 2.31. The molecule has 0 aliphatic carbocycles. The summed E-state index contributed by atoms with van der Waals surface area (Å²) in [6.07, 6.45) is -0.102. The van der Waals surface area contributed by atoms with E-state index in [0.29, 0.717) is 23.6 Å². The summed E-state index contributed by atoms with van der Waals surface area (Å²) in [5.41, 5.74) is 2.78. The van der Waals surface area contributed by atoms with Crippen molar-refractivity contribution < 1.29 is 23.4 Å². The number of benzene rings is 4. The van der Waals surface area contributed by atoms with Gasteiger partial charge in [-0.15, -0.1) is 0 Å².